The molecule has 1 aromatic heterocycles. The van der Waals surface area contributed by atoms with Gasteiger partial charge in [0.1, 0.15) is 6.61 Å². The van der Waals surface area contributed by atoms with Gasteiger partial charge in [-0.15, -0.1) is 5.10 Å². The monoisotopic (exact) mass is 371 g/mol. The molecule has 0 spiro atoms. The van der Waals surface area contributed by atoms with Gasteiger partial charge >= 0.3 is 0 Å². The lowest BCUT2D eigenvalue weighted by Gasteiger charge is -2.13. The standard InChI is InChI=1S/C23H21N3O2/c1-27-22-13-12-20(14-23(22)28-17-19-10-6-3-7-11-19)21-15-24-25-26(21)16-18-8-4-2-5-9-18/h2-15H,16-17H2,1H3. The quantitative estimate of drug-likeness (QED) is 0.477. The van der Waals surface area contributed by atoms with Crippen LogP contribution in [0.4, 0.5) is 0 Å². The van der Waals surface area contributed by atoms with E-state index in [4.69, 9.17) is 9.47 Å². The van der Waals surface area contributed by atoms with E-state index in [9.17, 15) is 0 Å². The van der Waals surface area contributed by atoms with Crippen LogP contribution in [-0.4, -0.2) is 22.1 Å². The highest BCUT2D eigenvalue weighted by molar-refractivity contribution is 5.63. The first kappa shape index (κ1) is 17.8. The van der Waals surface area contributed by atoms with Gasteiger partial charge in [0.2, 0.25) is 0 Å². The smallest absolute Gasteiger partial charge is 0.162 e. The summed E-state index contributed by atoms with van der Waals surface area (Å²) in [4.78, 5) is 0. The van der Waals surface area contributed by atoms with Gasteiger partial charge in [-0.25, -0.2) is 4.68 Å². The van der Waals surface area contributed by atoms with Crippen molar-refractivity contribution in [1.82, 2.24) is 15.0 Å². The summed E-state index contributed by atoms with van der Waals surface area (Å²) in [7, 11) is 1.64. The summed E-state index contributed by atoms with van der Waals surface area (Å²) in [5.41, 5.74) is 4.18. The SMILES string of the molecule is COc1ccc(-c2cnnn2Cc2ccccc2)cc1OCc1ccccc1. The van der Waals surface area contributed by atoms with E-state index in [1.165, 1.54) is 5.56 Å². The third kappa shape index (κ3) is 4.04. The molecule has 0 aliphatic carbocycles. The second-order valence-corrected chi connectivity index (χ2v) is 6.40. The molecule has 0 atom stereocenters. The average Bonchev–Trinajstić information content (AvgIpc) is 3.21. The summed E-state index contributed by atoms with van der Waals surface area (Å²) in [6.45, 7) is 1.13. The highest BCUT2D eigenvalue weighted by Gasteiger charge is 2.12. The topological polar surface area (TPSA) is 49.2 Å². The van der Waals surface area contributed by atoms with Crippen molar-refractivity contribution in [2.75, 3.05) is 7.11 Å². The van der Waals surface area contributed by atoms with Crippen molar-refractivity contribution in [3.8, 4) is 22.8 Å². The third-order valence-electron chi connectivity index (χ3n) is 4.49. The summed E-state index contributed by atoms with van der Waals surface area (Å²) >= 11 is 0. The van der Waals surface area contributed by atoms with Gasteiger partial charge in [-0.05, 0) is 29.3 Å². The van der Waals surface area contributed by atoms with Crippen molar-refractivity contribution < 1.29 is 9.47 Å². The highest BCUT2D eigenvalue weighted by Crippen LogP contribution is 2.33. The molecule has 0 saturated carbocycles. The summed E-state index contributed by atoms with van der Waals surface area (Å²) in [6.07, 6.45) is 1.77. The van der Waals surface area contributed by atoms with Crippen LogP contribution < -0.4 is 9.47 Å². The molecule has 4 aromatic rings. The molecular weight excluding hydrogens is 350 g/mol. The van der Waals surface area contributed by atoms with Crippen molar-refractivity contribution in [3.63, 3.8) is 0 Å². The molecule has 0 fully saturated rings. The second kappa shape index (κ2) is 8.39. The Balaban J connectivity index is 1.60. The maximum atomic E-state index is 6.04. The Morgan fingerprint density at radius 1 is 0.821 bits per heavy atom. The van der Waals surface area contributed by atoms with Crippen molar-refractivity contribution in [2.24, 2.45) is 0 Å². The maximum Gasteiger partial charge on any atom is 0.162 e. The van der Waals surface area contributed by atoms with E-state index in [1.54, 1.807) is 13.3 Å². The molecular formula is C23H21N3O2. The normalized spacial score (nSPS) is 10.6. The van der Waals surface area contributed by atoms with Gasteiger partial charge in [0.15, 0.2) is 11.5 Å². The summed E-state index contributed by atoms with van der Waals surface area (Å²) in [5, 5.41) is 8.35. The minimum absolute atomic E-state index is 0.474. The molecule has 140 valence electrons. The number of hydrogen-bond donors (Lipinski definition) is 0. The summed E-state index contributed by atoms with van der Waals surface area (Å²) in [5.74, 6) is 1.39. The fourth-order valence-corrected chi connectivity index (χ4v) is 3.04. The number of benzene rings is 3. The Hall–Kier alpha value is -3.60. The van der Waals surface area contributed by atoms with E-state index in [1.807, 2.05) is 71.4 Å². The number of aromatic nitrogens is 3. The lowest BCUT2D eigenvalue weighted by Crippen LogP contribution is -2.04. The first-order chi connectivity index (χ1) is 13.8. The number of ether oxygens (including phenoxy) is 2. The molecule has 0 aliphatic rings. The molecule has 0 bridgehead atoms. The minimum atomic E-state index is 0.474. The Bertz CT molecular complexity index is 1030. The second-order valence-electron chi connectivity index (χ2n) is 6.40. The number of hydrogen-bond acceptors (Lipinski definition) is 4. The van der Waals surface area contributed by atoms with Gasteiger partial charge in [-0.3, -0.25) is 0 Å². The van der Waals surface area contributed by atoms with Crippen LogP contribution in [-0.2, 0) is 13.2 Å². The fourth-order valence-electron chi connectivity index (χ4n) is 3.04. The van der Waals surface area contributed by atoms with Gasteiger partial charge < -0.3 is 9.47 Å². The van der Waals surface area contributed by atoms with Gasteiger partial charge in [0, 0.05) is 5.56 Å². The van der Waals surface area contributed by atoms with Gasteiger partial charge in [0.25, 0.3) is 0 Å². The lowest BCUT2D eigenvalue weighted by molar-refractivity contribution is 0.284. The molecule has 0 radical (unpaired) electrons. The fraction of sp³-hybridized carbons (Fsp3) is 0.130. The molecule has 0 N–H and O–H groups in total. The first-order valence-electron chi connectivity index (χ1n) is 9.11. The largest absolute Gasteiger partial charge is 0.493 e. The van der Waals surface area contributed by atoms with Crippen molar-refractivity contribution >= 4 is 0 Å². The lowest BCUT2D eigenvalue weighted by atomic mass is 10.1. The molecule has 0 saturated heterocycles. The number of nitrogens with zero attached hydrogens (tertiary/aromatic N) is 3. The summed E-state index contributed by atoms with van der Waals surface area (Å²) < 4.78 is 13.4. The Kier molecular flexibility index (Phi) is 5.33. The molecule has 3 aromatic carbocycles. The van der Waals surface area contributed by atoms with E-state index in [0.29, 0.717) is 24.7 Å². The molecule has 0 unspecified atom stereocenters. The van der Waals surface area contributed by atoms with Crippen molar-refractivity contribution in [3.05, 3.63) is 96.2 Å². The zero-order valence-electron chi connectivity index (χ0n) is 15.7. The van der Waals surface area contributed by atoms with Gasteiger partial charge in [-0.1, -0.05) is 65.9 Å². The van der Waals surface area contributed by atoms with E-state index >= 15 is 0 Å². The predicted octanol–water partition coefficient (Wildman–Crippen LogP) is 4.58. The minimum Gasteiger partial charge on any atom is -0.493 e. The predicted molar refractivity (Wildman–Crippen MR) is 108 cm³/mol. The molecule has 28 heavy (non-hydrogen) atoms. The first-order valence-corrected chi connectivity index (χ1v) is 9.11. The van der Waals surface area contributed by atoms with Crippen LogP contribution in [0.5, 0.6) is 11.5 Å². The molecule has 5 heteroatoms. The zero-order chi connectivity index (χ0) is 19.2. The Morgan fingerprint density at radius 3 is 2.25 bits per heavy atom. The summed E-state index contributed by atoms with van der Waals surface area (Å²) in [6, 6.07) is 26.2. The average molecular weight is 371 g/mol. The van der Waals surface area contributed by atoms with Crippen LogP contribution in [0.1, 0.15) is 11.1 Å². The number of methoxy groups -OCH3 is 1. The van der Waals surface area contributed by atoms with E-state index in [-0.39, 0.29) is 0 Å². The van der Waals surface area contributed by atoms with Gasteiger partial charge in [0.05, 0.1) is 25.5 Å². The van der Waals surface area contributed by atoms with Crippen LogP contribution in [0, 0.1) is 0 Å². The van der Waals surface area contributed by atoms with Crippen LogP contribution in [0.15, 0.2) is 85.1 Å². The van der Waals surface area contributed by atoms with Crippen molar-refractivity contribution in [1.29, 1.82) is 0 Å². The van der Waals surface area contributed by atoms with Crippen molar-refractivity contribution in [2.45, 2.75) is 13.2 Å². The van der Waals surface area contributed by atoms with E-state index in [2.05, 4.69) is 22.4 Å². The molecule has 4 rings (SSSR count). The molecule has 0 aliphatic heterocycles. The Labute approximate surface area is 164 Å². The van der Waals surface area contributed by atoms with Crippen LogP contribution >= 0.6 is 0 Å². The molecule has 1 heterocycles. The van der Waals surface area contributed by atoms with Gasteiger partial charge in [-0.2, -0.15) is 0 Å². The third-order valence-corrected chi connectivity index (χ3v) is 4.49. The molecule has 0 amide bonds. The highest BCUT2D eigenvalue weighted by atomic mass is 16.5. The zero-order valence-corrected chi connectivity index (χ0v) is 15.7. The van der Waals surface area contributed by atoms with E-state index < -0.39 is 0 Å². The van der Waals surface area contributed by atoms with Crippen LogP contribution in [0.2, 0.25) is 0 Å². The maximum absolute atomic E-state index is 6.04. The molecule has 5 nitrogen and oxygen atoms in total. The van der Waals surface area contributed by atoms with Crippen LogP contribution in [0.3, 0.4) is 0 Å². The van der Waals surface area contributed by atoms with Crippen LogP contribution in [0.25, 0.3) is 11.3 Å². The number of rotatable bonds is 7. The Morgan fingerprint density at radius 2 is 1.54 bits per heavy atom. The van der Waals surface area contributed by atoms with E-state index in [0.717, 1.165) is 16.8 Å².